The van der Waals surface area contributed by atoms with Crippen molar-refractivity contribution in [1.29, 1.82) is 0 Å². The van der Waals surface area contributed by atoms with Crippen molar-refractivity contribution in [2.45, 2.75) is 38.7 Å². The van der Waals surface area contributed by atoms with Gasteiger partial charge in [-0.1, -0.05) is 13.3 Å². The average molecular weight is 171 g/mol. The van der Waals surface area contributed by atoms with Gasteiger partial charge in [0.2, 0.25) is 0 Å². The minimum atomic E-state index is -0.270. The average Bonchev–Trinajstić information content (AvgIpc) is 2.09. The smallest absolute Gasteiger partial charge is 0.319 e. The Hall–Kier alpha value is -0.570. The zero-order valence-corrected chi connectivity index (χ0v) is 7.58. The summed E-state index contributed by atoms with van der Waals surface area (Å²) < 4.78 is 5.19. The van der Waals surface area contributed by atoms with Crippen LogP contribution in [0.25, 0.3) is 0 Å². The molecule has 1 fully saturated rings. The van der Waals surface area contributed by atoms with Gasteiger partial charge in [-0.25, -0.2) is 0 Å². The molecule has 0 spiro atoms. The molecule has 0 aliphatic heterocycles. The zero-order valence-electron chi connectivity index (χ0n) is 7.58. The van der Waals surface area contributed by atoms with Crippen molar-refractivity contribution in [1.82, 2.24) is 0 Å². The fourth-order valence-electron chi connectivity index (χ4n) is 1.67. The van der Waals surface area contributed by atoms with E-state index in [9.17, 15) is 4.79 Å². The lowest BCUT2D eigenvalue weighted by Crippen LogP contribution is -2.30. The van der Waals surface area contributed by atoms with Crippen LogP contribution in [0.2, 0.25) is 0 Å². The summed E-state index contributed by atoms with van der Waals surface area (Å²) in [5.74, 6) is 0.239. The fourth-order valence-corrected chi connectivity index (χ4v) is 1.67. The molecular formula is C9H17NO2. The van der Waals surface area contributed by atoms with E-state index in [1.165, 1.54) is 19.3 Å². The Bertz CT molecular complexity index is 159. The highest BCUT2D eigenvalue weighted by Gasteiger charge is 2.23. The van der Waals surface area contributed by atoms with Crippen LogP contribution in [0.5, 0.6) is 0 Å². The molecule has 1 aliphatic carbocycles. The Morgan fingerprint density at radius 3 is 2.75 bits per heavy atom. The van der Waals surface area contributed by atoms with Crippen LogP contribution < -0.4 is 5.73 Å². The second-order valence-corrected chi connectivity index (χ2v) is 3.49. The Kier molecular flexibility index (Phi) is 3.53. The first-order valence-corrected chi connectivity index (χ1v) is 4.63. The molecule has 2 N–H and O–H groups in total. The Morgan fingerprint density at radius 2 is 2.17 bits per heavy atom. The van der Waals surface area contributed by atoms with Gasteiger partial charge in [0, 0.05) is 0 Å². The normalized spacial score (nSPS) is 29.8. The van der Waals surface area contributed by atoms with Gasteiger partial charge in [0.15, 0.2) is 0 Å². The fraction of sp³-hybridized carbons (Fsp3) is 0.889. The van der Waals surface area contributed by atoms with Crippen molar-refractivity contribution >= 4 is 5.97 Å². The van der Waals surface area contributed by atoms with Crippen molar-refractivity contribution in [3.05, 3.63) is 0 Å². The molecule has 1 rings (SSSR count). The van der Waals surface area contributed by atoms with E-state index in [1.807, 2.05) is 0 Å². The number of hydrogen-bond acceptors (Lipinski definition) is 3. The summed E-state index contributed by atoms with van der Waals surface area (Å²) in [5, 5.41) is 0. The highest BCUT2D eigenvalue weighted by Crippen LogP contribution is 2.26. The van der Waals surface area contributed by atoms with E-state index < -0.39 is 0 Å². The third kappa shape index (κ3) is 2.48. The van der Waals surface area contributed by atoms with Crippen LogP contribution in [0.1, 0.15) is 32.6 Å². The Labute approximate surface area is 73.3 Å². The molecule has 0 heterocycles. The third-order valence-electron chi connectivity index (χ3n) is 2.48. The Balaban J connectivity index is 2.33. The summed E-state index contributed by atoms with van der Waals surface area (Å²) in [6, 6.07) is 0. The monoisotopic (exact) mass is 171 g/mol. The lowest BCUT2D eigenvalue weighted by molar-refractivity contribution is -0.151. The molecule has 2 atom stereocenters. The summed E-state index contributed by atoms with van der Waals surface area (Å²) >= 11 is 0. The molecule has 0 bridgehead atoms. The van der Waals surface area contributed by atoms with Crippen LogP contribution in [-0.2, 0) is 9.53 Å². The van der Waals surface area contributed by atoms with Crippen molar-refractivity contribution in [2.24, 2.45) is 11.7 Å². The maximum atomic E-state index is 10.9. The van der Waals surface area contributed by atoms with Crippen LogP contribution in [-0.4, -0.2) is 18.6 Å². The standard InChI is InChI=1S/C9H17NO2/c1-7-4-2-3-5-8(7)12-9(11)6-10/h7-8H,2-6,10H2,1H3. The van der Waals surface area contributed by atoms with Crippen molar-refractivity contribution in [3.8, 4) is 0 Å². The highest BCUT2D eigenvalue weighted by atomic mass is 16.5. The van der Waals surface area contributed by atoms with Gasteiger partial charge in [0.25, 0.3) is 0 Å². The summed E-state index contributed by atoms with van der Waals surface area (Å²) in [4.78, 5) is 10.9. The molecule has 0 aromatic carbocycles. The number of carbonyl (C=O) groups excluding carboxylic acids is 1. The summed E-state index contributed by atoms with van der Waals surface area (Å²) in [6.45, 7) is 2.14. The molecular weight excluding hydrogens is 154 g/mol. The maximum absolute atomic E-state index is 10.9. The van der Waals surface area contributed by atoms with Crippen LogP contribution >= 0.6 is 0 Å². The number of nitrogens with two attached hydrogens (primary N) is 1. The van der Waals surface area contributed by atoms with E-state index in [-0.39, 0.29) is 18.6 Å². The van der Waals surface area contributed by atoms with Gasteiger partial charge < -0.3 is 10.5 Å². The van der Waals surface area contributed by atoms with Gasteiger partial charge >= 0.3 is 5.97 Å². The molecule has 70 valence electrons. The largest absolute Gasteiger partial charge is 0.461 e. The van der Waals surface area contributed by atoms with Crippen LogP contribution in [0.15, 0.2) is 0 Å². The molecule has 0 aromatic heterocycles. The number of carbonyl (C=O) groups is 1. The summed E-state index contributed by atoms with van der Waals surface area (Å²) in [6.07, 6.45) is 4.73. The van der Waals surface area contributed by atoms with Crippen molar-refractivity contribution in [2.75, 3.05) is 6.54 Å². The predicted octanol–water partition coefficient (Wildman–Crippen LogP) is 1.07. The lowest BCUT2D eigenvalue weighted by Gasteiger charge is -2.28. The topological polar surface area (TPSA) is 52.3 Å². The first kappa shape index (κ1) is 9.52. The predicted molar refractivity (Wildman–Crippen MR) is 46.6 cm³/mol. The maximum Gasteiger partial charge on any atom is 0.319 e. The zero-order chi connectivity index (χ0) is 8.97. The second kappa shape index (κ2) is 4.45. The van der Waals surface area contributed by atoms with E-state index >= 15 is 0 Å². The van der Waals surface area contributed by atoms with Gasteiger partial charge in [-0.15, -0.1) is 0 Å². The van der Waals surface area contributed by atoms with Gasteiger partial charge in [-0.3, -0.25) is 4.79 Å². The number of hydrogen-bond donors (Lipinski definition) is 1. The number of rotatable bonds is 2. The van der Waals surface area contributed by atoms with E-state index in [1.54, 1.807) is 0 Å². The molecule has 3 nitrogen and oxygen atoms in total. The van der Waals surface area contributed by atoms with Gasteiger partial charge in [-0.2, -0.15) is 0 Å². The van der Waals surface area contributed by atoms with Crippen molar-refractivity contribution in [3.63, 3.8) is 0 Å². The van der Waals surface area contributed by atoms with Gasteiger partial charge in [0.05, 0.1) is 6.54 Å². The molecule has 3 heteroatoms. The van der Waals surface area contributed by atoms with Gasteiger partial charge in [0.1, 0.15) is 6.10 Å². The van der Waals surface area contributed by atoms with Crippen LogP contribution in [0.3, 0.4) is 0 Å². The Morgan fingerprint density at radius 1 is 1.50 bits per heavy atom. The SMILES string of the molecule is CC1CCCCC1OC(=O)CN. The molecule has 0 radical (unpaired) electrons. The first-order chi connectivity index (χ1) is 5.74. The summed E-state index contributed by atoms with van der Waals surface area (Å²) in [7, 11) is 0. The molecule has 2 unspecified atom stereocenters. The molecule has 0 aromatic rings. The second-order valence-electron chi connectivity index (χ2n) is 3.49. The third-order valence-corrected chi connectivity index (χ3v) is 2.48. The first-order valence-electron chi connectivity index (χ1n) is 4.63. The molecule has 1 saturated carbocycles. The molecule has 0 amide bonds. The lowest BCUT2D eigenvalue weighted by atomic mass is 9.88. The van der Waals surface area contributed by atoms with Gasteiger partial charge in [-0.05, 0) is 25.2 Å². The van der Waals surface area contributed by atoms with E-state index in [4.69, 9.17) is 10.5 Å². The van der Waals surface area contributed by atoms with Crippen LogP contribution in [0, 0.1) is 5.92 Å². The molecule has 1 aliphatic rings. The summed E-state index contributed by atoms with van der Waals surface area (Å²) in [5.41, 5.74) is 5.16. The quantitative estimate of drug-likeness (QED) is 0.632. The van der Waals surface area contributed by atoms with E-state index in [0.717, 1.165) is 6.42 Å². The van der Waals surface area contributed by atoms with Crippen LogP contribution in [0.4, 0.5) is 0 Å². The minimum absolute atomic E-state index is 0.00319. The molecule has 12 heavy (non-hydrogen) atoms. The number of esters is 1. The molecule has 0 saturated heterocycles. The number of ether oxygens (including phenoxy) is 1. The van der Waals surface area contributed by atoms with E-state index in [0.29, 0.717) is 5.92 Å². The van der Waals surface area contributed by atoms with E-state index in [2.05, 4.69) is 6.92 Å². The highest BCUT2D eigenvalue weighted by molar-refractivity contribution is 5.71. The minimum Gasteiger partial charge on any atom is -0.461 e. The van der Waals surface area contributed by atoms with Crippen molar-refractivity contribution < 1.29 is 9.53 Å².